The Morgan fingerprint density at radius 2 is 1.81 bits per heavy atom. The largest absolute Gasteiger partial charge is 0.340 e. The lowest BCUT2D eigenvalue weighted by Gasteiger charge is -2.34. The summed E-state index contributed by atoms with van der Waals surface area (Å²) in [6.07, 6.45) is 1.55. The van der Waals surface area contributed by atoms with Crippen LogP contribution in [0.15, 0.2) is 24.3 Å². The zero-order valence-corrected chi connectivity index (χ0v) is 16.3. The minimum Gasteiger partial charge on any atom is -0.340 e. The number of carbonyl (C=O) groups is 1. The van der Waals surface area contributed by atoms with Crippen LogP contribution in [0.5, 0.6) is 0 Å². The minimum atomic E-state index is -3.46. The van der Waals surface area contributed by atoms with E-state index in [0.717, 1.165) is 25.9 Å². The third-order valence-corrected chi connectivity index (χ3v) is 6.11. The second-order valence-corrected chi connectivity index (χ2v) is 8.55. The molecule has 146 valence electrons. The van der Waals surface area contributed by atoms with E-state index in [9.17, 15) is 17.6 Å². The van der Waals surface area contributed by atoms with E-state index in [2.05, 4.69) is 11.8 Å². The summed E-state index contributed by atoms with van der Waals surface area (Å²) < 4.78 is 39.0. The fraction of sp³-hybridized carbons (Fsp3) is 0.611. The molecule has 0 atom stereocenters. The van der Waals surface area contributed by atoms with Gasteiger partial charge < -0.3 is 9.80 Å². The van der Waals surface area contributed by atoms with Crippen LogP contribution in [0.3, 0.4) is 0 Å². The fourth-order valence-corrected chi connectivity index (χ4v) is 3.93. The molecule has 0 radical (unpaired) electrons. The molecule has 0 aromatic heterocycles. The molecule has 1 fully saturated rings. The predicted octanol–water partition coefficient (Wildman–Crippen LogP) is 1.18. The maximum Gasteiger partial charge on any atom is 0.223 e. The van der Waals surface area contributed by atoms with Gasteiger partial charge in [0.2, 0.25) is 15.9 Å². The van der Waals surface area contributed by atoms with E-state index in [1.165, 1.54) is 10.4 Å². The van der Waals surface area contributed by atoms with Gasteiger partial charge in [0.25, 0.3) is 0 Å². The molecular weight excluding hydrogens is 357 g/mol. The Morgan fingerprint density at radius 3 is 2.38 bits per heavy atom. The van der Waals surface area contributed by atoms with Crippen molar-refractivity contribution < 1.29 is 17.6 Å². The number of benzene rings is 1. The summed E-state index contributed by atoms with van der Waals surface area (Å²) in [7, 11) is -3.46. The first-order valence-electron chi connectivity index (χ1n) is 9.00. The quantitative estimate of drug-likeness (QED) is 0.674. The summed E-state index contributed by atoms with van der Waals surface area (Å²) in [5.74, 6) is -0.369. The van der Waals surface area contributed by atoms with Gasteiger partial charge in [0.15, 0.2) is 0 Å². The molecule has 1 saturated heterocycles. The van der Waals surface area contributed by atoms with Crippen LogP contribution in [-0.2, 0) is 21.2 Å². The van der Waals surface area contributed by atoms with Gasteiger partial charge in [-0.15, -0.1) is 0 Å². The molecule has 0 spiro atoms. The Labute approximate surface area is 155 Å². The molecule has 0 aliphatic carbocycles. The lowest BCUT2D eigenvalue weighted by atomic mass is 10.1. The predicted molar refractivity (Wildman–Crippen MR) is 99.8 cm³/mol. The molecule has 1 aliphatic rings. The topological polar surface area (TPSA) is 60.9 Å². The highest BCUT2D eigenvalue weighted by atomic mass is 32.2. The number of amides is 1. The molecule has 0 unspecified atom stereocenters. The SMILES string of the molecule is CCN1CCN(C(=O)CCN(CCc2ccccc2F)S(C)(=O)=O)CC1. The molecule has 1 aromatic carbocycles. The summed E-state index contributed by atoms with van der Waals surface area (Å²) >= 11 is 0. The number of likely N-dealkylation sites (N-methyl/N-ethyl adjacent to an activating group) is 1. The van der Waals surface area contributed by atoms with Crippen LogP contribution in [0.4, 0.5) is 4.39 Å². The van der Waals surface area contributed by atoms with Crippen LogP contribution < -0.4 is 0 Å². The van der Waals surface area contributed by atoms with Crippen molar-refractivity contribution in [2.24, 2.45) is 0 Å². The highest BCUT2D eigenvalue weighted by Crippen LogP contribution is 2.11. The zero-order chi connectivity index (χ0) is 19.2. The van der Waals surface area contributed by atoms with Crippen molar-refractivity contribution in [1.29, 1.82) is 0 Å². The van der Waals surface area contributed by atoms with Crippen LogP contribution in [0, 0.1) is 5.82 Å². The molecule has 1 aromatic rings. The van der Waals surface area contributed by atoms with Gasteiger partial charge in [-0.25, -0.2) is 17.1 Å². The molecule has 1 heterocycles. The maximum atomic E-state index is 13.7. The lowest BCUT2D eigenvalue weighted by Crippen LogP contribution is -2.49. The van der Waals surface area contributed by atoms with Gasteiger partial charge in [0, 0.05) is 45.7 Å². The number of sulfonamides is 1. The van der Waals surface area contributed by atoms with Gasteiger partial charge in [-0.05, 0) is 24.6 Å². The average Bonchev–Trinajstić information content (AvgIpc) is 2.61. The second-order valence-electron chi connectivity index (χ2n) is 6.57. The third-order valence-electron chi connectivity index (χ3n) is 4.80. The van der Waals surface area contributed by atoms with Crippen molar-refractivity contribution in [3.05, 3.63) is 35.6 Å². The van der Waals surface area contributed by atoms with E-state index >= 15 is 0 Å². The average molecular weight is 386 g/mol. The van der Waals surface area contributed by atoms with Gasteiger partial charge >= 0.3 is 0 Å². The summed E-state index contributed by atoms with van der Waals surface area (Å²) in [5.41, 5.74) is 0.475. The number of hydrogen-bond donors (Lipinski definition) is 0. The van der Waals surface area contributed by atoms with Crippen molar-refractivity contribution in [2.75, 3.05) is 52.1 Å². The summed E-state index contributed by atoms with van der Waals surface area (Å²) in [6, 6.07) is 6.33. The van der Waals surface area contributed by atoms with Gasteiger partial charge in [0.05, 0.1) is 6.26 Å². The molecule has 0 N–H and O–H groups in total. The number of rotatable bonds is 8. The highest BCUT2D eigenvalue weighted by molar-refractivity contribution is 7.88. The Hall–Kier alpha value is -1.51. The maximum absolute atomic E-state index is 13.7. The molecule has 0 saturated carbocycles. The first-order valence-corrected chi connectivity index (χ1v) is 10.8. The summed E-state index contributed by atoms with van der Waals surface area (Å²) in [5, 5.41) is 0. The molecule has 1 aliphatic heterocycles. The van der Waals surface area contributed by atoms with Gasteiger partial charge in [-0.1, -0.05) is 25.1 Å². The molecule has 26 heavy (non-hydrogen) atoms. The Balaban J connectivity index is 1.88. The Morgan fingerprint density at radius 1 is 1.15 bits per heavy atom. The van der Waals surface area contributed by atoms with Crippen molar-refractivity contribution >= 4 is 15.9 Å². The van der Waals surface area contributed by atoms with E-state index in [1.54, 1.807) is 23.1 Å². The van der Waals surface area contributed by atoms with E-state index in [4.69, 9.17) is 0 Å². The Bertz CT molecular complexity index is 703. The third kappa shape index (κ3) is 6.03. The van der Waals surface area contributed by atoms with E-state index in [1.807, 2.05) is 0 Å². The summed E-state index contributed by atoms with van der Waals surface area (Å²) in [4.78, 5) is 16.5. The van der Waals surface area contributed by atoms with Crippen LogP contribution in [-0.4, -0.2) is 80.5 Å². The molecule has 6 nitrogen and oxygen atoms in total. The smallest absolute Gasteiger partial charge is 0.223 e. The van der Waals surface area contributed by atoms with Crippen molar-refractivity contribution in [3.63, 3.8) is 0 Å². The number of halogens is 1. The minimum absolute atomic E-state index is 0.0275. The van der Waals surface area contributed by atoms with E-state index in [-0.39, 0.29) is 37.7 Å². The Kier molecular flexibility index (Phi) is 7.55. The van der Waals surface area contributed by atoms with Crippen molar-refractivity contribution in [3.8, 4) is 0 Å². The van der Waals surface area contributed by atoms with Crippen molar-refractivity contribution in [2.45, 2.75) is 19.8 Å². The van der Waals surface area contributed by atoms with Gasteiger partial charge in [0.1, 0.15) is 5.82 Å². The standard InChI is InChI=1S/C18H28FN3O3S/c1-3-20-12-14-21(15-13-20)18(23)9-11-22(26(2,24)25)10-8-16-6-4-5-7-17(16)19/h4-7H,3,8-15H2,1-2H3. The number of hydrogen-bond acceptors (Lipinski definition) is 4. The molecule has 1 amide bonds. The zero-order valence-electron chi connectivity index (χ0n) is 15.5. The molecule has 2 rings (SSSR count). The first kappa shape index (κ1) is 20.8. The first-order chi connectivity index (χ1) is 12.3. The number of nitrogens with zero attached hydrogens (tertiary/aromatic N) is 3. The van der Waals surface area contributed by atoms with Crippen molar-refractivity contribution in [1.82, 2.24) is 14.1 Å². The highest BCUT2D eigenvalue weighted by Gasteiger charge is 2.23. The van der Waals surface area contributed by atoms with Crippen LogP contribution in [0.1, 0.15) is 18.9 Å². The van der Waals surface area contributed by atoms with Crippen LogP contribution >= 0.6 is 0 Å². The molecule has 0 bridgehead atoms. The monoisotopic (exact) mass is 385 g/mol. The number of piperazine rings is 1. The lowest BCUT2D eigenvalue weighted by molar-refractivity contribution is -0.133. The summed E-state index contributed by atoms with van der Waals surface area (Å²) in [6.45, 7) is 6.42. The van der Waals surface area contributed by atoms with Crippen LogP contribution in [0.25, 0.3) is 0 Å². The van der Waals surface area contributed by atoms with E-state index in [0.29, 0.717) is 18.7 Å². The van der Waals surface area contributed by atoms with E-state index < -0.39 is 10.0 Å². The fourth-order valence-electron chi connectivity index (χ4n) is 3.08. The van der Waals surface area contributed by atoms with Gasteiger partial charge in [-0.3, -0.25) is 4.79 Å². The van der Waals surface area contributed by atoms with Crippen LogP contribution in [0.2, 0.25) is 0 Å². The number of carbonyl (C=O) groups excluding carboxylic acids is 1. The normalized spacial score (nSPS) is 16.2. The molecular formula is C18H28FN3O3S. The molecule has 8 heteroatoms. The second kappa shape index (κ2) is 9.43. The van der Waals surface area contributed by atoms with Gasteiger partial charge in [-0.2, -0.15) is 0 Å².